The monoisotopic (exact) mass is 182 g/mol. The van der Waals surface area contributed by atoms with Crippen molar-refractivity contribution in [1.29, 1.82) is 0 Å². The van der Waals surface area contributed by atoms with Crippen LogP contribution in [0.2, 0.25) is 0 Å². The molecule has 1 aliphatic heterocycles. The molecule has 2 aliphatic rings. The van der Waals surface area contributed by atoms with Gasteiger partial charge in [0.2, 0.25) is 0 Å². The summed E-state index contributed by atoms with van der Waals surface area (Å²) in [5.74, 6) is 1.62. The van der Waals surface area contributed by atoms with E-state index in [0.29, 0.717) is 0 Å². The second-order valence-electron chi connectivity index (χ2n) is 4.19. The van der Waals surface area contributed by atoms with Gasteiger partial charge < -0.3 is 10.2 Å². The molecular weight excluding hydrogens is 164 g/mol. The number of nitrogens with one attached hydrogen (secondary N) is 1. The fourth-order valence-electron chi connectivity index (χ4n) is 2.66. The number of nitrogens with zero attached hydrogens (tertiary/aromatic N) is 1. The van der Waals surface area contributed by atoms with Crippen LogP contribution < -0.4 is 5.32 Å². The molecule has 1 aliphatic carbocycles. The van der Waals surface area contributed by atoms with Gasteiger partial charge in [-0.05, 0) is 31.6 Å². The van der Waals surface area contributed by atoms with Crippen LogP contribution in [0.25, 0.3) is 0 Å². The third kappa shape index (κ3) is 1.64. The standard InChI is InChI=1S/C10H18N2O/c1-2-11-10(13)12-6-8-4-3-5-9(8)7-12/h8-9H,2-7H2,1H3,(H,11,13). The summed E-state index contributed by atoms with van der Waals surface area (Å²) in [5.41, 5.74) is 0. The van der Waals surface area contributed by atoms with Gasteiger partial charge in [-0.3, -0.25) is 0 Å². The number of hydrogen-bond acceptors (Lipinski definition) is 1. The Bertz CT molecular complexity index is 193. The van der Waals surface area contributed by atoms with Crippen LogP contribution in [-0.4, -0.2) is 30.6 Å². The first-order valence-electron chi connectivity index (χ1n) is 5.34. The quantitative estimate of drug-likeness (QED) is 0.654. The summed E-state index contributed by atoms with van der Waals surface area (Å²) in [6.45, 7) is 4.70. The number of hydrogen-bond donors (Lipinski definition) is 1. The lowest BCUT2D eigenvalue weighted by Gasteiger charge is -2.17. The lowest BCUT2D eigenvalue weighted by Crippen LogP contribution is -2.38. The minimum absolute atomic E-state index is 0.136. The maximum atomic E-state index is 11.5. The van der Waals surface area contributed by atoms with Crippen molar-refractivity contribution in [2.75, 3.05) is 19.6 Å². The van der Waals surface area contributed by atoms with Crippen molar-refractivity contribution in [3.63, 3.8) is 0 Å². The van der Waals surface area contributed by atoms with E-state index < -0.39 is 0 Å². The third-order valence-electron chi connectivity index (χ3n) is 3.34. The molecule has 1 saturated heterocycles. The van der Waals surface area contributed by atoms with Crippen molar-refractivity contribution in [3.8, 4) is 0 Å². The summed E-state index contributed by atoms with van der Waals surface area (Å²) in [6, 6.07) is 0.136. The van der Waals surface area contributed by atoms with Gasteiger partial charge in [-0.1, -0.05) is 6.42 Å². The highest BCUT2D eigenvalue weighted by atomic mass is 16.2. The van der Waals surface area contributed by atoms with E-state index in [1.165, 1.54) is 19.3 Å². The maximum absolute atomic E-state index is 11.5. The van der Waals surface area contributed by atoms with Gasteiger partial charge in [-0.15, -0.1) is 0 Å². The molecule has 1 N–H and O–H groups in total. The molecule has 2 fully saturated rings. The Hall–Kier alpha value is -0.730. The fourth-order valence-corrected chi connectivity index (χ4v) is 2.66. The molecule has 1 saturated carbocycles. The smallest absolute Gasteiger partial charge is 0.317 e. The molecule has 0 radical (unpaired) electrons. The topological polar surface area (TPSA) is 32.3 Å². The zero-order valence-corrected chi connectivity index (χ0v) is 8.25. The normalized spacial score (nSPS) is 31.9. The van der Waals surface area contributed by atoms with Crippen LogP contribution in [0.5, 0.6) is 0 Å². The Morgan fingerprint density at radius 1 is 1.38 bits per heavy atom. The largest absolute Gasteiger partial charge is 0.338 e. The minimum Gasteiger partial charge on any atom is -0.338 e. The number of carbonyl (C=O) groups excluding carboxylic acids is 1. The summed E-state index contributed by atoms with van der Waals surface area (Å²) in [5, 5.41) is 2.86. The molecule has 0 aromatic heterocycles. The van der Waals surface area contributed by atoms with Crippen LogP contribution >= 0.6 is 0 Å². The molecule has 2 amide bonds. The SMILES string of the molecule is CCNC(=O)N1CC2CCCC2C1. The molecule has 2 rings (SSSR count). The summed E-state index contributed by atoms with van der Waals surface area (Å²) in [7, 11) is 0. The lowest BCUT2D eigenvalue weighted by molar-refractivity contribution is 0.205. The number of carbonyl (C=O) groups is 1. The van der Waals surface area contributed by atoms with Crippen molar-refractivity contribution in [1.82, 2.24) is 10.2 Å². The van der Waals surface area contributed by atoms with E-state index in [0.717, 1.165) is 31.5 Å². The molecule has 13 heavy (non-hydrogen) atoms. The van der Waals surface area contributed by atoms with Crippen LogP contribution in [0, 0.1) is 11.8 Å². The van der Waals surface area contributed by atoms with Crippen molar-refractivity contribution in [2.45, 2.75) is 26.2 Å². The van der Waals surface area contributed by atoms with Crippen LogP contribution in [0.3, 0.4) is 0 Å². The van der Waals surface area contributed by atoms with Gasteiger partial charge in [0.05, 0.1) is 0 Å². The van der Waals surface area contributed by atoms with E-state index in [-0.39, 0.29) is 6.03 Å². The molecule has 1 heterocycles. The van der Waals surface area contributed by atoms with E-state index in [2.05, 4.69) is 5.32 Å². The van der Waals surface area contributed by atoms with Gasteiger partial charge in [0.25, 0.3) is 0 Å². The van der Waals surface area contributed by atoms with Gasteiger partial charge in [0, 0.05) is 19.6 Å². The number of amides is 2. The average Bonchev–Trinajstić information content (AvgIpc) is 2.61. The van der Waals surface area contributed by atoms with Crippen molar-refractivity contribution >= 4 is 6.03 Å². The minimum atomic E-state index is 0.136. The first-order valence-corrected chi connectivity index (χ1v) is 5.34. The van der Waals surface area contributed by atoms with Crippen molar-refractivity contribution < 1.29 is 4.79 Å². The highest BCUT2D eigenvalue weighted by Crippen LogP contribution is 2.37. The molecule has 2 unspecified atom stereocenters. The molecule has 3 nitrogen and oxygen atoms in total. The molecule has 0 aromatic carbocycles. The number of urea groups is 1. The van der Waals surface area contributed by atoms with Crippen LogP contribution in [0.15, 0.2) is 0 Å². The van der Waals surface area contributed by atoms with Crippen molar-refractivity contribution in [2.24, 2.45) is 11.8 Å². The van der Waals surface area contributed by atoms with Gasteiger partial charge in [-0.2, -0.15) is 0 Å². The Kier molecular flexibility index (Phi) is 2.42. The first-order chi connectivity index (χ1) is 6.31. The Morgan fingerprint density at radius 2 is 2.00 bits per heavy atom. The van der Waals surface area contributed by atoms with E-state index in [9.17, 15) is 4.79 Å². The Balaban J connectivity index is 1.87. The first kappa shape index (κ1) is 8.85. The van der Waals surface area contributed by atoms with E-state index in [4.69, 9.17) is 0 Å². The van der Waals surface area contributed by atoms with Crippen LogP contribution in [0.1, 0.15) is 26.2 Å². The average molecular weight is 182 g/mol. The Morgan fingerprint density at radius 3 is 2.54 bits per heavy atom. The molecular formula is C10H18N2O. The van der Waals surface area contributed by atoms with Gasteiger partial charge in [0.1, 0.15) is 0 Å². The second-order valence-corrected chi connectivity index (χ2v) is 4.19. The van der Waals surface area contributed by atoms with Gasteiger partial charge in [0.15, 0.2) is 0 Å². The predicted octanol–water partition coefficient (Wildman–Crippen LogP) is 1.45. The molecule has 0 spiro atoms. The molecule has 3 heteroatoms. The number of fused-ring (bicyclic) bond motifs is 1. The fraction of sp³-hybridized carbons (Fsp3) is 0.900. The zero-order chi connectivity index (χ0) is 9.26. The number of likely N-dealkylation sites (tertiary alicyclic amines) is 1. The lowest BCUT2D eigenvalue weighted by atomic mass is 10.0. The predicted molar refractivity (Wildman–Crippen MR) is 51.5 cm³/mol. The number of rotatable bonds is 1. The highest BCUT2D eigenvalue weighted by molar-refractivity contribution is 5.74. The highest BCUT2D eigenvalue weighted by Gasteiger charge is 2.37. The summed E-state index contributed by atoms with van der Waals surface area (Å²) in [4.78, 5) is 13.5. The van der Waals surface area contributed by atoms with E-state index >= 15 is 0 Å². The summed E-state index contributed by atoms with van der Waals surface area (Å²) >= 11 is 0. The molecule has 0 aromatic rings. The van der Waals surface area contributed by atoms with Gasteiger partial charge in [-0.25, -0.2) is 4.79 Å². The van der Waals surface area contributed by atoms with Gasteiger partial charge >= 0.3 is 6.03 Å². The van der Waals surface area contributed by atoms with Crippen molar-refractivity contribution in [3.05, 3.63) is 0 Å². The second kappa shape index (κ2) is 3.56. The summed E-state index contributed by atoms with van der Waals surface area (Å²) < 4.78 is 0. The summed E-state index contributed by atoms with van der Waals surface area (Å²) in [6.07, 6.45) is 4.04. The Labute approximate surface area is 79.5 Å². The van der Waals surface area contributed by atoms with Crippen LogP contribution in [0.4, 0.5) is 4.79 Å². The van der Waals surface area contributed by atoms with E-state index in [1.807, 2.05) is 11.8 Å². The molecule has 2 atom stereocenters. The third-order valence-corrected chi connectivity index (χ3v) is 3.34. The maximum Gasteiger partial charge on any atom is 0.317 e. The van der Waals surface area contributed by atoms with E-state index in [1.54, 1.807) is 0 Å². The molecule has 0 bridgehead atoms. The van der Waals surface area contributed by atoms with Crippen LogP contribution in [-0.2, 0) is 0 Å². The zero-order valence-electron chi connectivity index (χ0n) is 8.25. The molecule has 74 valence electrons.